The van der Waals surface area contributed by atoms with Crippen LogP contribution < -0.4 is 16.0 Å². The first kappa shape index (κ1) is 17.7. The van der Waals surface area contributed by atoms with E-state index in [9.17, 15) is 4.79 Å². The molecule has 0 aliphatic rings. The SMILES string of the molecule is CCC(C)N(C)CCNC(=O)c1sc(N(C)CC)nc1N. The molecule has 1 aromatic heterocycles. The molecule has 0 aromatic carbocycles. The number of carbonyl (C=O) groups excluding carboxylic acids is 1. The Kier molecular flexibility index (Phi) is 6.91. The van der Waals surface area contributed by atoms with Crippen LogP contribution in [0.2, 0.25) is 0 Å². The molecule has 1 heterocycles. The maximum atomic E-state index is 12.2. The molecule has 0 aliphatic carbocycles. The standard InChI is InChI=1S/C14H27N5OS/c1-6-10(3)19(5)9-8-16-13(20)11-12(15)17-14(21-11)18(4)7-2/h10H,6-9,15H2,1-5H3,(H,16,20). The minimum atomic E-state index is -0.140. The van der Waals surface area contributed by atoms with E-state index in [2.05, 4.69) is 36.1 Å². The average Bonchev–Trinajstić information content (AvgIpc) is 2.87. The number of rotatable bonds is 8. The molecule has 0 saturated carbocycles. The van der Waals surface area contributed by atoms with Gasteiger partial charge in [0.15, 0.2) is 5.13 Å². The minimum absolute atomic E-state index is 0.140. The van der Waals surface area contributed by atoms with E-state index in [0.717, 1.165) is 24.6 Å². The van der Waals surface area contributed by atoms with Gasteiger partial charge >= 0.3 is 0 Å². The molecule has 7 heteroatoms. The normalized spacial score (nSPS) is 12.5. The summed E-state index contributed by atoms with van der Waals surface area (Å²) in [5, 5.41) is 3.69. The van der Waals surface area contributed by atoms with E-state index in [4.69, 9.17) is 5.73 Å². The first-order chi connectivity index (χ1) is 9.90. The number of aromatic nitrogens is 1. The van der Waals surface area contributed by atoms with Crippen LogP contribution in [0.1, 0.15) is 36.9 Å². The summed E-state index contributed by atoms with van der Waals surface area (Å²) in [7, 11) is 4.00. The lowest BCUT2D eigenvalue weighted by molar-refractivity contribution is 0.0952. The van der Waals surface area contributed by atoms with Crippen molar-refractivity contribution in [1.29, 1.82) is 0 Å². The molecule has 1 atom stereocenters. The largest absolute Gasteiger partial charge is 0.382 e. The summed E-state index contributed by atoms with van der Waals surface area (Å²) in [6.45, 7) is 8.62. The number of likely N-dealkylation sites (N-methyl/N-ethyl adjacent to an activating group) is 1. The molecule has 1 unspecified atom stereocenters. The fraction of sp³-hybridized carbons (Fsp3) is 0.714. The van der Waals surface area contributed by atoms with Crippen LogP contribution >= 0.6 is 11.3 Å². The van der Waals surface area contributed by atoms with Crippen LogP contribution in [0.4, 0.5) is 10.9 Å². The van der Waals surface area contributed by atoms with Gasteiger partial charge in [0.05, 0.1) is 0 Å². The van der Waals surface area contributed by atoms with Gasteiger partial charge in [-0.05, 0) is 27.3 Å². The molecule has 3 N–H and O–H groups in total. The quantitative estimate of drug-likeness (QED) is 0.763. The summed E-state index contributed by atoms with van der Waals surface area (Å²) in [5.74, 6) is 0.168. The van der Waals surface area contributed by atoms with Crippen LogP contribution in [-0.4, -0.2) is 55.6 Å². The van der Waals surface area contributed by atoms with Crippen LogP contribution in [-0.2, 0) is 0 Å². The predicted molar refractivity (Wildman–Crippen MR) is 90.2 cm³/mol. The van der Waals surface area contributed by atoms with Crippen molar-refractivity contribution in [3.63, 3.8) is 0 Å². The lowest BCUT2D eigenvalue weighted by Gasteiger charge is -2.23. The molecule has 0 saturated heterocycles. The van der Waals surface area contributed by atoms with E-state index >= 15 is 0 Å². The first-order valence-corrected chi connectivity index (χ1v) is 8.18. The van der Waals surface area contributed by atoms with Crippen molar-refractivity contribution >= 4 is 28.2 Å². The maximum Gasteiger partial charge on any atom is 0.265 e. The van der Waals surface area contributed by atoms with Crippen LogP contribution in [0.3, 0.4) is 0 Å². The Morgan fingerprint density at radius 2 is 2.10 bits per heavy atom. The lowest BCUT2D eigenvalue weighted by atomic mass is 10.2. The summed E-state index contributed by atoms with van der Waals surface area (Å²) in [4.78, 5) is 21.1. The summed E-state index contributed by atoms with van der Waals surface area (Å²) >= 11 is 1.33. The highest BCUT2D eigenvalue weighted by Gasteiger charge is 2.17. The summed E-state index contributed by atoms with van der Waals surface area (Å²) in [6.07, 6.45) is 1.10. The number of hydrogen-bond donors (Lipinski definition) is 2. The third-order valence-electron chi connectivity index (χ3n) is 3.74. The number of thiazole rings is 1. The fourth-order valence-corrected chi connectivity index (χ4v) is 2.67. The number of nitrogens with zero attached hydrogens (tertiary/aromatic N) is 3. The van der Waals surface area contributed by atoms with Gasteiger partial charge in [-0.2, -0.15) is 0 Å². The molecule has 0 fully saturated rings. The second-order valence-electron chi connectivity index (χ2n) is 5.22. The van der Waals surface area contributed by atoms with Crippen molar-refractivity contribution in [2.75, 3.05) is 44.4 Å². The van der Waals surface area contributed by atoms with Crippen molar-refractivity contribution < 1.29 is 4.79 Å². The zero-order valence-corrected chi connectivity index (χ0v) is 14.5. The Hall–Kier alpha value is -1.34. The Morgan fingerprint density at radius 1 is 1.43 bits per heavy atom. The van der Waals surface area contributed by atoms with Gasteiger partial charge in [0, 0.05) is 32.7 Å². The molecule has 0 bridgehead atoms. The smallest absolute Gasteiger partial charge is 0.265 e. The Bertz CT molecular complexity index is 462. The maximum absolute atomic E-state index is 12.2. The molecule has 1 aromatic rings. The summed E-state index contributed by atoms with van der Waals surface area (Å²) < 4.78 is 0. The van der Waals surface area contributed by atoms with E-state index < -0.39 is 0 Å². The van der Waals surface area contributed by atoms with Crippen molar-refractivity contribution in [3.05, 3.63) is 4.88 Å². The predicted octanol–water partition coefficient (Wildman–Crippen LogP) is 1.64. The Balaban J connectivity index is 2.54. The lowest BCUT2D eigenvalue weighted by Crippen LogP contribution is -2.37. The zero-order chi connectivity index (χ0) is 16.0. The minimum Gasteiger partial charge on any atom is -0.382 e. The van der Waals surface area contributed by atoms with Gasteiger partial charge in [-0.15, -0.1) is 0 Å². The van der Waals surface area contributed by atoms with E-state index in [-0.39, 0.29) is 5.91 Å². The van der Waals surface area contributed by atoms with Gasteiger partial charge in [-0.25, -0.2) is 4.98 Å². The van der Waals surface area contributed by atoms with Crippen molar-refractivity contribution in [3.8, 4) is 0 Å². The third-order valence-corrected chi connectivity index (χ3v) is 4.93. The zero-order valence-electron chi connectivity index (χ0n) is 13.6. The molecular weight excluding hydrogens is 286 g/mol. The van der Waals surface area contributed by atoms with Crippen molar-refractivity contribution in [1.82, 2.24) is 15.2 Å². The van der Waals surface area contributed by atoms with Gasteiger partial charge in [0.1, 0.15) is 10.7 Å². The van der Waals surface area contributed by atoms with E-state index in [1.807, 2.05) is 18.9 Å². The Morgan fingerprint density at radius 3 is 2.67 bits per heavy atom. The fourth-order valence-electron chi connectivity index (χ4n) is 1.74. The topological polar surface area (TPSA) is 74.5 Å². The van der Waals surface area contributed by atoms with Crippen molar-refractivity contribution in [2.45, 2.75) is 33.2 Å². The van der Waals surface area contributed by atoms with E-state index in [1.165, 1.54) is 11.3 Å². The molecule has 0 aliphatic heterocycles. The first-order valence-electron chi connectivity index (χ1n) is 7.36. The van der Waals surface area contributed by atoms with Crippen LogP contribution in [0.5, 0.6) is 0 Å². The highest BCUT2D eigenvalue weighted by atomic mass is 32.1. The number of nitrogen functional groups attached to an aromatic ring is 1. The number of anilines is 2. The second kappa shape index (κ2) is 8.19. The van der Waals surface area contributed by atoms with Gasteiger partial charge in [-0.3, -0.25) is 4.79 Å². The molecule has 0 radical (unpaired) electrons. The summed E-state index contributed by atoms with van der Waals surface area (Å²) in [5.41, 5.74) is 5.84. The molecule has 0 spiro atoms. The molecule has 1 amide bonds. The van der Waals surface area contributed by atoms with E-state index in [0.29, 0.717) is 23.3 Å². The number of nitrogens with one attached hydrogen (secondary N) is 1. The highest BCUT2D eigenvalue weighted by molar-refractivity contribution is 7.18. The number of nitrogens with two attached hydrogens (primary N) is 1. The highest BCUT2D eigenvalue weighted by Crippen LogP contribution is 2.27. The monoisotopic (exact) mass is 313 g/mol. The van der Waals surface area contributed by atoms with E-state index in [1.54, 1.807) is 0 Å². The molecule has 21 heavy (non-hydrogen) atoms. The van der Waals surface area contributed by atoms with Crippen LogP contribution in [0, 0.1) is 0 Å². The molecule has 120 valence electrons. The molecule has 1 rings (SSSR count). The van der Waals surface area contributed by atoms with Gasteiger partial charge in [0.25, 0.3) is 5.91 Å². The molecule has 6 nitrogen and oxygen atoms in total. The van der Waals surface area contributed by atoms with Crippen molar-refractivity contribution in [2.24, 2.45) is 0 Å². The number of carbonyl (C=O) groups is 1. The van der Waals surface area contributed by atoms with Gasteiger partial charge in [0.2, 0.25) is 0 Å². The number of hydrogen-bond acceptors (Lipinski definition) is 6. The van der Waals surface area contributed by atoms with Gasteiger partial charge in [-0.1, -0.05) is 18.3 Å². The van der Waals surface area contributed by atoms with Crippen LogP contribution in [0.25, 0.3) is 0 Å². The Labute approximate surface area is 131 Å². The number of amides is 1. The third kappa shape index (κ3) is 4.86. The van der Waals surface area contributed by atoms with Crippen LogP contribution in [0.15, 0.2) is 0 Å². The average molecular weight is 313 g/mol. The molecular formula is C14H27N5OS. The van der Waals surface area contributed by atoms with Gasteiger partial charge < -0.3 is 20.9 Å². The summed E-state index contributed by atoms with van der Waals surface area (Å²) in [6, 6.07) is 0.514. The second-order valence-corrected chi connectivity index (χ2v) is 6.20.